The second-order valence-electron chi connectivity index (χ2n) is 5.64. The summed E-state index contributed by atoms with van der Waals surface area (Å²) in [5, 5.41) is 2.97. The third kappa shape index (κ3) is 2.77. The fourth-order valence-corrected chi connectivity index (χ4v) is 3.70. The van der Waals surface area contributed by atoms with Crippen molar-refractivity contribution >= 4 is 21.6 Å². The topological polar surface area (TPSA) is 79.4 Å². The van der Waals surface area contributed by atoms with E-state index < -0.39 is 9.84 Å². The van der Waals surface area contributed by atoms with Crippen molar-refractivity contribution in [1.29, 1.82) is 0 Å². The first kappa shape index (κ1) is 13.4. The zero-order valence-electron chi connectivity index (χ0n) is 11.2. The Bertz CT molecular complexity index is 611. The van der Waals surface area contributed by atoms with Crippen molar-refractivity contribution in [3.8, 4) is 0 Å². The first-order valence-electron chi connectivity index (χ1n) is 6.58. The van der Waals surface area contributed by atoms with Gasteiger partial charge in [-0.05, 0) is 11.6 Å². The summed E-state index contributed by atoms with van der Waals surface area (Å²) in [5.74, 6) is 1.35. The number of anilines is 1. The summed E-state index contributed by atoms with van der Waals surface area (Å²) in [5.41, 5.74) is 0.698. The molecule has 2 fully saturated rings. The molecule has 2 atom stereocenters. The number of carbonyl (C=O) groups is 1. The molecule has 0 saturated carbocycles. The molecule has 2 aliphatic heterocycles. The molecular weight excluding hydrogens is 278 g/mol. The first-order chi connectivity index (χ1) is 9.40. The van der Waals surface area contributed by atoms with E-state index in [0.29, 0.717) is 17.9 Å². The molecule has 0 radical (unpaired) electrons. The molecule has 108 valence electrons. The third-order valence-electron chi connectivity index (χ3n) is 3.80. The van der Waals surface area contributed by atoms with E-state index in [1.807, 2.05) is 6.07 Å². The summed E-state index contributed by atoms with van der Waals surface area (Å²) in [7, 11) is -3.03. The lowest BCUT2D eigenvalue weighted by atomic mass is 10.1. The molecule has 0 spiro atoms. The van der Waals surface area contributed by atoms with E-state index in [9.17, 15) is 13.2 Å². The van der Waals surface area contributed by atoms with Crippen LogP contribution >= 0.6 is 0 Å². The Balaban J connectivity index is 1.69. The number of sulfone groups is 1. The molecule has 1 N–H and O–H groups in total. The van der Waals surface area contributed by atoms with Crippen LogP contribution in [0.1, 0.15) is 12.0 Å². The number of fused-ring (bicyclic) bond motifs is 1. The Morgan fingerprint density at radius 3 is 2.80 bits per heavy atom. The van der Waals surface area contributed by atoms with Crippen LogP contribution in [0.4, 0.5) is 5.82 Å². The molecule has 1 aromatic heterocycles. The van der Waals surface area contributed by atoms with Gasteiger partial charge in [-0.25, -0.2) is 13.4 Å². The number of carbonyl (C=O) groups excluding carboxylic acids is 1. The third-order valence-corrected chi connectivity index (χ3v) is 4.65. The van der Waals surface area contributed by atoms with E-state index in [1.165, 1.54) is 6.26 Å². The molecule has 7 heteroatoms. The Labute approximate surface area is 118 Å². The Kier molecular flexibility index (Phi) is 3.16. The van der Waals surface area contributed by atoms with Crippen LogP contribution in [-0.2, 0) is 20.4 Å². The van der Waals surface area contributed by atoms with Gasteiger partial charge in [0, 0.05) is 37.9 Å². The number of nitrogens with zero attached hydrogens (tertiary/aromatic N) is 2. The van der Waals surface area contributed by atoms with E-state index in [4.69, 9.17) is 0 Å². The summed E-state index contributed by atoms with van der Waals surface area (Å²) in [6, 6.07) is 3.87. The highest BCUT2D eigenvalue weighted by atomic mass is 32.2. The number of nitrogens with one attached hydrogen (secondary N) is 1. The zero-order chi connectivity index (χ0) is 14.3. The summed E-state index contributed by atoms with van der Waals surface area (Å²) in [4.78, 5) is 17.8. The molecular formula is C13H17N3O3S. The maximum Gasteiger partial charge on any atom is 0.220 e. The monoisotopic (exact) mass is 295 g/mol. The fourth-order valence-electron chi connectivity index (χ4n) is 2.92. The maximum absolute atomic E-state index is 11.3. The molecule has 2 aliphatic rings. The predicted molar refractivity (Wildman–Crippen MR) is 75.0 cm³/mol. The predicted octanol–water partition coefficient (Wildman–Crippen LogP) is -0.0491. The van der Waals surface area contributed by atoms with Gasteiger partial charge in [-0.1, -0.05) is 6.07 Å². The quantitative estimate of drug-likeness (QED) is 0.846. The van der Waals surface area contributed by atoms with Gasteiger partial charge in [-0.15, -0.1) is 0 Å². The lowest BCUT2D eigenvalue weighted by Gasteiger charge is -2.18. The average Bonchev–Trinajstić information content (AvgIpc) is 2.84. The molecule has 20 heavy (non-hydrogen) atoms. The highest BCUT2D eigenvalue weighted by Crippen LogP contribution is 2.28. The van der Waals surface area contributed by atoms with Crippen molar-refractivity contribution < 1.29 is 13.2 Å². The number of hydrogen-bond acceptors (Lipinski definition) is 5. The van der Waals surface area contributed by atoms with Gasteiger partial charge in [-0.2, -0.15) is 0 Å². The number of aromatic nitrogens is 1. The molecule has 0 bridgehead atoms. The van der Waals surface area contributed by atoms with Gasteiger partial charge in [0.15, 0.2) is 9.84 Å². The van der Waals surface area contributed by atoms with Crippen LogP contribution < -0.4 is 10.2 Å². The van der Waals surface area contributed by atoms with Gasteiger partial charge < -0.3 is 10.2 Å². The largest absolute Gasteiger partial charge is 0.354 e. The first-order valence-corrected chi connectivity index (χ1v) is 8.64. The lowest BCUT2D eigenvalue weighted by molar-refractivity contribution is -0.119. The molecule has 0 aliphatic carbocycles. The molecule has 1 aromatic rings. The number of pyridine rings is 1. The highest BCUT2D eigenvalue weighted by Gasteiger charge is 2.40. The van der Waals surface area contributed by atoms with Crippen LogP contribution in [0.25, 0.3) is 0 Å². The minimum atomic E-state index is -3.03. The van der Waals surface area contributed by atoms with Crippen LogP contribution in [0.15, 0.2) is 18.3 Å². The van der Waals surface area contributed by atoms with E-state index in [-0.39, 0.29) is 17.7 Å². The van der Waals surface area contributed by atoms with Gasteiger partial charge in [0.1, 0.15) is 5.82 Å². The number of hydrogen-bond donors (Lipinski definition) is 1. The summed E-state index contributed by atoms with van der Waals surface area (Å²) in [6.07, 6.45) is 3.42. The summed E-state index contributed by atoms with van der Waals surface area (Å²) in [6.45, 7) is 1.59. The Hall–Kier alpha value is -1.63. The average molecular weight is 295 g/mol. The fraction of sp³-hybridized carbons (Fsp3) is 0.538. The SMILES string of the molecule is CS(=O)(=O)Cc1ccc(N2C[C@@H]3CC(=O)N[C@@H]3C2)nc1. The van der Waals surface area contributed by atoms with Gasteiger partial charge in [0.2, 0.25) is 5.91 Å². The van der Waals surface area contributed by atoms with Crippen LogP contribution in [-0.4, -0.2) is 44.7 Å². The van der Waals surface area contributed by atoms with Crippen LogP contribution in [0.5, 0.6) is 0 Å². The minimum absolute atomic E-state index is 0.0155. The second kappa shape index (κ2) is 4.73. The number of rotatable bonds is 3. The van der Waals surface area contributed by atoms with Crippen molar-refractivity contribution in [2.24, 2.45) is 5.92 Å². The van der Waals surface area contributed by atoms with E-state index >= 15 is 0 Å². The van der Waals surface area contributed by atoms with Gasteiger partial charge in [-0.3, -0.25) is 4.79 Å². The number of amides is 1. The lowest BCUT2D eigenvalue weighted by Crippen LogP contribution is -2.32. The summed E-state index contributed by atoms with van der Waals surface area (Å²) < 4.78 is 22.5. The van der Waals surface area contributed by atoms with Crippen molar-refractivity contribution in [1.82, 2.24) is 10.3 Å². The zero-order valence-corrected chi connectivity index (χ0v) is 12.1. The van der Waals surface area contributed by atoms with Crippen LogP contribution in [0, 0.1) is 5.92 Å². The molecule has 1 amide bonds. The molecule has 2 saturated heterocycles. The normalized spacial score (nSPS) is 25.6. The molecule has 0 unspecified atom stereocenters. The molecule has 3 rings (SSSR count). The van der Waals surface area contributed by atoms with Crippen molar-refractivity contribution in [3.05, 3.63) is 23.9 Å². The van der Waals surface area contributed by atoms with Crippen LogP contribution in [0.2, 0.25) is 0 Å². The van der Waals surface area contributed by atoms with Gasteiger partial charge in [0.05, 0.1) is 11.8 Å². The smallest absolute Gasteiger partial charge is 0.220 e. The van der Waals surface area contributed by atoms with Crippen molar-refractivity contribution in [2.45, 2.75) is 18.2 Å². The van der Waals surface area contributed by atoms with E-state index in [0.717, 1.165) is 18.9 Å². The highest BCUT2D eigenvalue weighted by molar-refractivity contribution is 7.89. The Morgan fingerprint density at radius 1 is 1.40 bits per heavy atom. The van der Waals surface area contributed by atoms with E-state index in [1.54, 1.807) is 12.3 Å². The minimum Gasteiger partial charge on any atom is -0.354 e. The second-order valence-corrected chi connectivity index (χ2v) is 7.78. The standard InChI is InChI=1S/C13H17N3O3S/c1-20(18,19)8-9-2-3-12(14-5-9)16-6-10-4-13(17)15-11(10)7-16/h2-3,5,10-11H,4,6-8H2,1H3,(H,15,17)/t10-,11+/m0/s1. The molecule has 6 nitrogen and oxygen atoms in total. The van der Waals surface area contributed by atoms with Crippen LogP contribution in [0.3, 0.4) is 0 Å². The van der Waals surface area contributed by atoms with Crippen molar-refractivity contribution in [3.63, 3.8) is 0 Å². The van der Waals surface area contributed by atoms with Gasteiger partial charge >= 0.3 is 0 Å². The van der Waals surface area contributed by atoms with E-state index in [2.05, 4.69) is 15.2 Å². The molecule has 0 aromatic carbocycles. The van der Waals surface area contributed by atoms with Gasteiger partial charge in [0.25, 0.3) is 0 Å². The summed E-state index contributed by atoms with van der Waals surface area (Å²) >= 11 is 0. The molecule has 3 heterocycles. The maximum atomic E-state index is 11.3. The Morgan fingerprint density at radius 2 is 2.20 bits per heavy atom. The van der Waals surface area contributed by atoms with Crippen molar-refractivity contribution in [2.75, 3.05) is 24.2 Å².